The third-order valence-corrected chi connectivity index (χ3v) is 3.93. The van der Waals surface area contributed by atoms with Gasteiger partial charge >= 0.3 is 0 Å². The molecule has 130 valence electrons. The SMILES string of the molecule is O=C(Cn1cnc2ccc(F)cc2c1=O)NCc1nnc2ccccn12. The molecule has 8 nitrogen and oxygen atoms in total. The van der Waals surface area contributed by atoms with E-state index in [1.54, 1.807) is 16.7 Å². The van der Waals surface area contributed by atoms with Gasteiger partial charge in [-0.1, -0.05) is 6.07 Å². The highest BCUT2D eigenvalue weighted by molar-refractivity contribution is 5.79. The van der Waals surface area contributed by atoms with Crippen LogP contribution in [0.15, 0.2) is 53.7 Å². The van der Waals surface area contributed by atoms with Crippen LogP contribution < -0.4 is 10.9 Å². The van der Waals surface area contributed by atoms with Gasteiger partial charge in [0.1, 0.15) is 12.4 Å². The number of amides is 1. The second-order valence-corrected chi connectivity index (χ2v) is 5.66. The topological polar surface area (TPSA) is 94.2 Å². The van der Waals surface area contributed by atoms with Crippen molar-refractivity contribution in [1.82, 2.24) is 29.5 Å². The van der Waals surface area contributed by atoms with E-state index in [1.807, 2.05) is 12.1 Å². The fourth-order valence-corrected chi connectivity index (χ4v) is 2.64. The summed E-state index contributed by atoms with van der Waals surface area (Å²) in [7, 11) is 0. The quantitative estimate of drug-likeness (QED) is 0.589. The molecule has 1 aromatic carbocycles. The number of carbonyl (C=O) groups excluding carboxylic acids is 1. The van der Waals surface area contributed by atoms with Gasteiger partial charge in [0.2, 0.25) is 5.91 Å². The predicted molar refractivity (Wildman–Crippen MR) is 90.8 cm³/mol. The number of pyridine rings is 1. The molecule has 0 bridgehead atoms. The molecule has 1 amide bonds. The van der Waals surface area contributed by atoms with Crippen LogP contribution >= 0.6 is 0 Å². The maximum atomic E-state index is 13.3. The molecule has 0 aliphatic heterocycles. The normalized spacial score (nSPS) is 11.1. The van der Waals surface area contributed by atoms with Gasteiger partial charge in [-0.05, 0) is 30.3 Å². The highest BCUT2D eigenvalue weighted by Gasteiger charge is 2.10. The lowest BCUT2D eigenvalue weighted by Crippen LogP contribution is -2.32. The molecule has 4 rings (SSSR count). The monoisotopic (exact) mass is 352 g/mol. The van der Waals surface area contributed by atoms with E-state index >= 15 is 0 Å². The largest absolute Gasteiger partial charge is 0.347 e. The number of benzene rings is 1. The molecule has 0 fully saturated rings. The number of nitrogens with one attached hydrogen (secondary N) is 1. The van der Waals surface area contributed by atoms with Crippen LogP contribution in [-0.4, -0.2) is 30.1 Å². The standard InChI is InChI=1S/C17H13FN6O2/c18-11-4-5-13-12(7-11)17(26)23(10-20-13)9-16(25)19-8-15-22-21-14-3-1-2-6-24(14)15/h1-7,10H,8-9H2,(H,19,25). The second kappa shape index (κ2) is 6.36. The summed E-state index contributed by atoms with van der Waals surface area (Å²) in [4.78, 5) is 28.6. The van der Waals surface area contributed by atoms with E-state index in [1.165, 1.54) is 18.5 Å². The maximum absolute atomic E-state index is 13.3. The van der Waals surface area contributed by atoms with Gasteiger partial charge in [-0.3, -0.25) is 18.6 Å². The Kier molecular flexibility index (Phi) is 3.88. The Morgan fingerprint density at radius 3 is 2.96 bits per heavy atom. The summed E-state index contributed by atoms with van der Waals surface area (Å²) in [5, 5.41) is 10.8. The van der Waals surface area contributed by atoms with E-state index in [0.29, 0.717) is 17.0 Å². The van der Waals surface area contributed by atoms with E-state index in [2.05, 4.69) is 20.5 Å². The molecule has 0 unspecified atom stereocenters. The Morgan fingerprint density at radius 1 is 1.19 bits per heavy atom. The molecule has 3 heterocycles. The maximum Gasteiger partial charge on any atom is 0.261 e. The number of hydrogen-bond donors (Lipinski definition) is 1. The first-order chi connectivity index (χ1) is 12.6. The Morgan fingerprint density at radius 2 is 2.08 bits per heavy atom. The van der Waals surface area contributed by atoms with Crippen molar-refractivity contribution < 1.29 is 9.18 Å². The van der Waals surface area contributed by atoms with Crippen molar-refractivity contribution >= 4 is 22.5 Å². The molecule has 0 saturated heterocycles. The molecule has 4 aromatic rings. The zero-order valence-corrected chi connectivity index (χ0v) is 13.5. The summed E-state index contributed by atoms with van der Waals surface area (Å²) in [6.45, 7) is -0.0660. The molecule has 9 heteroatoms. The van der Waals surface area contributed by atoms with Gasteiger partial charge in [0.15, 0.2) is 11.5 Å². The van der Waals surface area contributed by atoms with Crippen molar-refractivity contribution in [3.63, 3.8) is 0 Å². The minimum Gasteiger partial charge on any atom is -0.347 e. The minimum atomic E-state index is -0.530. The summed E-state index contributed by atoms with van der Waals surface area (Å²) >= 11 is 0. The molecule has 0 radical (unpaired) electrons. The molecule has 0 saturated carbocycles. The van der Waals surface area contributed by atoms with Gasteiger partial charge in [0, 0.05) is 6.20 Å². The van der Waals surface area contributed by atoms with Crippen molar-refractivity contribution in [3.05, 3.63) is 70.9 Å². The fraction of sp³-hybridized carbons (Fsp3) is 0.118. The first kappa shape index (κ1) is 15.9. The van der Waals surface area contributed by atoms with Gasteiger partial charge < -0.3 is 5.32 Å². The van der Waals surface area contributed by atoms with Crippen LogP contribution in [-0.2, 0) is 17.9 Å². The molecular formula is C17H13FN6O2. The Labute approximate surface area is 145 Å². The van der Waals surface area contributed by atoms with E-state index in [0.717, 1.165) is 10.6 Å². The zero-order valence-electron chi connectivity index (χ0n) is 13.5. The van der Waals surface area contributed by atoms with Crippen LogP contribution in [0.4, 0.5) is 4.39 Å². The number of halogens is 1. The summed E-state index contributed by atoms with van der Waals surface area (Å²) in [6, 6.07) is 9.25. The average molecular weight is 352 g/mol. The third kappa shape index (κ3) is 2.90. The van der Waals surface area contributed by atoms with E-state index < -0.39 is 17.3 Å². The second-order valence-electron chi connectivity index (χ2n) is 5.66. The summed E-state index contributed by atoms with van der Waals surface area (Å²) in [5.41, 5.74) is 0.578. The van der Waals surface area contributed by atoms with Crippen LogP contribution in [0, 0.1) is 5.82 Å². The summed E-state index contributed by atoms with van der Waals surface area (Å²) < 4.78 is 16.2. The van der Waals surface area contributed by atoms with Crippen LogP contribution in [0.2, 0.25) is 0 Å². The number of carbonyl (C=O) groups is 1. The smallest absolute Gasteiger partial charge is 0.261 e. The van der Waals surface area contributed by atoms with Crippen molar-refractivity contribution in [2.45, 2.75) is 13.1 Å². The Bertz CT molecular complexity index is 1180. The molecule has 26 heavy (non-hydrogen) atoms. The number of hydrogen-bond acceptors (Lipinski definition) is 5. The first-order valence-corrected chi connectivity index (χ1v) is 7.82. The van der Waals surface area contributed by atoms with Gasteiger partial charge in [-0.2, -0.15) is 0 Å². The summed E-state index contributed by atoms with van der Waals surface area (Å²) in [6.07, 6.45) is 3.07. The molecule has 1 N–H and O–H groups in total. The van der Waals surface area contributed by atoms with Crippen molar-refractivity contribution in [1.29, 1.82) is 0 Å². The molecule has 3 aromatic heterocycles. The average Bonchev–Trinajstić information content (AvgIpc) is 3.06. The van der Waals surface area contributed by atoms with E-state index in [-0.39, 0.29) is 18.5 Å². The summed E-state index contributed by atoms with van der Waals surface area (Å²) in [5.74, 6) is -0.352. The number of nitrogens with zero attached hydrogens (tertiary/aromatic N) is 5. The van der Waals surface area contributed by atoms with E-state index in [4.69, 9.17) is 0 Å². The van der Waals surface area contributed by atoms with Crippen LogP contribution in [0.1, 0.15) is 5.82 Å². The molecule has 0 spiro atoms. The zero-order chi connectivity index (χ0) is 18.1. The molecule has 0 atom stereocenters. The van der Waals surface area contributed by atoms with Gasteiger partial charge in [0.05, 0.1) is 23.8 Å². The van der Waals surface area contributed by atoms with Crippen LogP contribution in [0.5, 0.6) is 0 Å². The first-order valence-electron chi connectivity index (χ1n) is 7.82. The highest BCUT2D eigenvalue weighted by atomic mass is 19.1. The van der Waals surface area contributed by atoms with Crippen molar-refractivity contribution in [2.24, 2.45) is 0 Å². The number of fused-ring (bicyclic) bond motifs is 2. The lowest BCUT2D eigenvalue weighted by molar-refractivity contribution is -0.121. The van der Waals surface area contributed by atoms with Crippen molar-refractivity contribution in [2.75, 3.05) is 0 Å². The molecule has 0 aliphatic carbocycles. The van der Waals surface area contributed by atoms with Gasteiger partial charge in [0.25, 0.3) is 5.56 Å². The highest BCUT2D eigenvalue weighted by Crippen LogP contribution is 2.08. The molecular weight excluding hydrogens is 339 g/mol. The van der Waals surface area contributed by atoms with E-state index in [9.17, 15) is 14.0 Å². The van der Waals surface area contributed by atoms with Crippen LogP contribution in [0.3, 0.4) is 0 Å². The van der Waals surface area contributed by atoms with Gasteiger partial charge in [-0.15, -0.1) is 10.2 Å². The lowest BCUT2D eigenvalue weighted by atomic mass is 10.2. The minimum absolute atomic E-state index is 0.128. The fourth-order valence-electron chi connectivity index (χ4n) is 2.64. The predicted octanol–water partition coefficient (Wildman–Crippen LogP) is 0.895. The number of aromatic nitrogens is 5. The van der Waals surface area contributed by atoms with Crippen LogP contribution in [0.25, 0.3) is 16.6 Å². The van der Waals surface area contributed by atoms with Gasteiger partial charge in [-0.25, -0.2) is 9.37 Å². The Hall–Kier alpha value is -3.62. The Balaban J connectivity index is 1.50. The number of rotatable bonds is 4. The van der Waals surface area contributed by atoms with Crippen molar-refractivity contribution in [3.8, 4) is 0 Å². The third-order valence-electron chi connectivity index (χ3n) is 3.93. The lowest BCUT2D eigenvalue weighted by Gasteiger charge is -2.07. The molecule has 0 aliphatic rings.